The van der Waals surface area contributed by atoms with Gasteiger partial charge in [-0.25, -0.2) is 0 Å². The highest BCUT2D eigenvalue weighted by atomic mass is 32.1. The van der Waals surface area contributed by atoms with Crippen LogP contribution >= 0.6 is 11.3 Å². The number of rotatable bonds is 3. The third kappa shape index (κ3) is 1.81. The van der Waals surface area contributed by atoms with E-state index in [1.165, 1.54) is 11.3 Å². The maximum Gasteiger partial charge on any atom is 0.205 e. The zero-order valence-electron chi connectivity index (χ0n) is 7.01. The molecule has 13 heavy (non-hydrogen) atoms. The molecule has 0 amide bonds. The lowest BCUT2D eigenvalue weighted by Gasteiger charge is -1.99. The van der Waals surface area contributed by atoms with E-state index in [-0.39, 0.29) is 0 Å². The lowest BCUT2D eigenvalue weighted by Crippen LogP contribution is -2.05. The predicted molar refractivity (Wildman–Crippen MR) is 48.2 cm³/mol. The Kier molecular flexibility index (Phi) is 2.17. The van der Waals surface area contributed by atoms with Crippen LogP contribution in [0.5, 0.6) is 0 Å². The minimum atomic E-state index is 0.617. The van der Waals surface area contributed by atoms with Crippen LogP contribution in [0.1, 0.15) is 5.82 Å². The highest BCUT2D eigenvalue weighted by Crippen LogP contribution is 2.08. The molecule has 2 rings (SSSR count). The van der Waals surface area contributed by atoms with Crippen molar-refractivity contribution in [1.29, 1.82) is 0 Å². The zero-order valence-corrected chi connectivity index (χ0v) is 7.82. The van der Waals surface area contributed by atoms with E-state index in [1.54, 1.807) is 11.8 Å². The van der Waals surface area contributed by atoms with Crippen molar-refractivity contribution in [2.45, 2.75) is 6.54 Å². The molecule has 1 N–H and O–H groups in total. The summed E-state index contributed by atoms with van der Waals surface area (Å²) in [5.41, 5.74) is 1.68. The van der Waals surface area contributed by atoms with Gasteiger partial charge >= 0.3 is 0 Å². The van der Waals surface area contributed by atoms with Crippen molar-refractivity contribution in [3.8, 4) is 0 Å². The molecule has 2 aromatic rings. The number of hydrogen-bond donors (Lipinski definition) is 1. The summed E-state index contributed by atoms with van der Waals surface area (Å²) in [7, 11) is 1.90. The molecule has 0 fully saturated rings. The van der Waals surface area contributed by atoms with Crippen LogP contribution in [0.25, 0.3) is 0 Å². The molecule has 0 aliphatic rings. The van der Waals surface area contributed by atoms with Crippen molar-refractivity contribution in [3.05, 3.63) is 17.7 Å². The van der Waals surface area contributed by atoms with E-state index in [4.69, 9.17) is 0 Å². The van der Waals surface area contributed by atoms with Crippen LogP contribution in [-0.4, -0.2) is 25.0 Å². The summed E-state index contributed by atoms with van der Waals surface area (Å²) in [6.07, 6.45) is 1.66. The standard InChI is InChI=1S/C6H8N6S/c1-12-3-8-10-5(12)2-7-6-11-9-4-13-6/h3-4H,2H2,1H3,(H,7,11). The van der Waals surface area contributed by atoms with Gasteiger partial charge in [-0.15, -0.1) is 20.4 Å². The topological polar surface area (TPSA) is 68.5 Å². The molecule has 0 spiro atoms. The van der Waals surface area contributed by atoms with Crippen LogP contribution in [0.2, 0.25) is 0 Å². The Balaban J connectivity index is 1.97. The van der Waals surface area contributed by atoms with Crippen molar-refractivity contribution in [2.75, 3.05) is 5.32 Å². The van der Waals surface area contributed by atoms with Gasteiger partial charge in [0.15, 0.2) is 5.82 Å². The SMILES string of the molecule is Cn1cnnc1CNc1nncs1. The van der Waals surface area contributed by atoms with Crippen molar-refractivity contribution < 1.29 is 0 Å². The number of nitrogens with one attached hydrogen (secondary N) is 1. The van der Waals surface area contributed by atoms with E-state index in [0.29, 0.717) is 6.54 Å². The average molecular weight is 196 g/mol. The Hall–Kier alpha value is -1.50. The molecule has 6 nitrogen and oxygen atoms in total. The lowest BCUT2D eigenvalue weighted by molar-refractivity contribution is 0.810. The molecule has 68 valence electrons. The fourth-order valence-corrected chi connectivity index (χ4v) is 1.32. The maximum absolute atomic E-state index is 3.92. The van der Waals surface area contributed by atoms with Crippen LogP contribution < -0.4 is 5.32 Å². The first-order valence-electron chi connectivity index (χ1n) is 3.69. The number of aromatic nitrogens is 5. The third-order valence-electron chi connectivity index (χ3n) is 1.56. The summed E-state index contributed by atoms with van der Waals surface area (Å²) in [6, 6.07) is 0. The highest BCUT2D eigenvalue weighted by Gasteiger charge is 2.00. The fourth-order valence-electron chi connectivity index (χ4n) is 0.872. The highest BCUT2D eigenvalue weighted by molar-refractivity contribution is 7.13. The smallest absolute Gasteiger partial charge is 0.205 e. The molecular weight excluding hydrogens is 188 g/mol. The van der Waals surface area contributed by atoms with Gasteiger partial charge in [-0.1, -0.05) is 11.3 Å². The molecule has 2 aromatic heterocycles. The monoisotopic (exact) mass is 196 g/mol. The second-order valence-electron chi connectivity index (χ2n) is 2.46. The van der Waals surface area contributed by atoms with E-state index >= 15 is 0 Å². The van der Waals surface area contributed by atoms with E-state index < -0.39 is 0 Å². The van der Waals surface area contributed by atoms with Gasteiger partial charge in [-0.05, 0) is 0 Å². The summed E-state index contributed by atoms with van der Waals surface area (Å²) < 4.78 is 1.86. The largest absolute Gasteiger partial charge is 0.353 e. The molecule has 0 unspecified atom stereocenters. The second kappa shape index (κ2) is 3.48. The van der Waals surface area contributed by atoms with Crippen LogP contribution in [0.15, 0.2) is 11.8 Å². The van der Waals surface area contributed by atoms with E-state index in [0.717, 1.165) is 11.0 Å². The molecule has 0 saturated carbocycles. The number of hydrogen-bond acceptors (Lipinski definition) is 6. The molecule has 0 aliphatic carbocycles. The van der Waals surface area contributed by atoms with Gasteiger partial charge in [-0.3, -0.25) is 0 Å². The Morgan fingerprint density at radius 2 is 2.38 bits per heavy atom. The molecule has 0 saturated heterocycles. The first-order chi connectivity index (χ1) is 6.36. The predicted octanol–water partition coefficient (Wildman–Crippen LogP) is 0.279. The zero-order chi connectivity index (χ0) is 9.10. The molecule has 0 bridgehead atoms. The first kappa shape index (κ1) is 8.11. The van der Waals surface area contributed by atoms with Crippen molar-refractivity contribution in [2.24, 2.45) is 7.05 Å². The van der Waals surface area contributed by atoms with E-state index in [2.05, 4.69) is 25.7 Å². The quantitative estimate of drug-likeness (QED) is 0.763. The van der Waals surface area contributed by atoms with Gasteiger partial charge in [0, 0.05) is 7.05 Å². The molecule has 0 aliphatic heterocycles. The van der Waals surface area contributed by atoms with Crippen molar-refractivity contribution >= 4 is 16.5 Å². The van der Waals surface area contributed by atoms with Gasteiger partial charge in [-0.2, -0.15) is 0 Å². The summed E-state index contributed by atoms with van der Waals surface area (Å²) in [6.45, 7) is 0.617. The molecule has 7 heteroatoms. The number of anilines is 1. The fraction of sp³-hybridized carbons (Fsp3) is 0.333. The summed E-state index contributed by atoms with van der Waals surface area (Å²) >= 11 is 1.46. The average Bonchev–Trinajstić information content (AvgIpc) is 2.72. The van der Waals surface area contributed by atoms with Crippen LogP contribution in [0, 0.1) is 0 Å². The van der Waals surface area contributed by atoms with Gasteiger partial charge in [0.25, 0.3) is 0 Å². The lowest BCUT2D eigenvalue weighted by atomic mass is 10.6. The molecule has 0 aromatic carbocycles. The number of nitrogens with zero attached hydrogens (tertiary/aromatic N) is 5. The summed E-state index contributed by atoms with van der Waals surface area (Å²) in [5.74, 6) is 0.871. The minimum absolute atomic E-state index is 0.617. The van der Waals surface area contributed by atoms with Gasteiger partial charge in [0.05, 0.1) is 6.54 Å². The molecule has 2 heterocycles. The normalized spacial score (nSPS) is 10.2. The number of aryl methyl sites for hydroxylation is 1. The van der Waals surface area contributed by atoms with Crippen LogP contribution in [0.3, 0.4) is 0 Å². The minimum Gasteiger partial charge on any atom is -0.353 e. The summed E-state index contributed by atoms with van der Waals surface area (Å²) in [5, 5.41) is 19.1. The maximum atomic E-state index is 3.92. The Bertz CT molecular complexity index is 366. The Morgan fingerprint density at radius 1 is 1.46 bits per heavy atom. The van der Waals surface area contributed by atoms with Gasteiger partial charge in [0.2, 0.25) is 5.13 Å². The van der Waals surface area contributed by atoms with Gasteiger partial charge in [0.1, 0.15) is 11.8 Å². The summed E-state index contributed by atoms with van der Waals surface area (Å²) in [4.78, 5) is 0. The van der Waals surface area contributed by atoms with E-state index in [9.17, 15) is 0 Å². The van der Waals surface area contributed by atoms with Crippen LogP contribution in [0.4, 0.5) is 5.13 Å². The van der Waals surface area contributed by atoms with E-state index in [1.807, 2.05) is 11.6 Å². The van der Waals surface area contributed by atoms with Crippen molar-refractivity contribution in [3.63, 3.8) is 0 Å². The first-order valence-corrected chi connectivity index (χ1v) is 4.57. The van der Waals surface area contributed by atoms with Crippen molar-refractivity contribution in [1.82, 2.24) is 25.0 Å². The Morgan fingerprint density at radius 3 is 3.00 bits per heavy atom. The third-order valence-corrected chi connectivity index (χ3v) is 2.21. The molecule has 0 radical (unpaired) electrons. The molecular formula is C6H8N6S. The second-order valence-corrected chi connectivity index (χ2v) is 3.29. The Labute approximate surface area is 78.6 Å². The van der Waals surface area contributed by atoms with Gasteiger partial charge < -0.3 is 9.88 Å². The molecule has 0 atom stereocenters. The van der Waals surface area contributed by atoms with Crippen LogP contribution in [-0.2, 0) is 13.6 Å².